The highest BCUT2D eigenvalue weighted by Crippen LogP contribution is 2.28. The fourth-order valence-electron chi connectivity index (χ4n) is 4.96. The Morgan fingerprint density at radius 2 is 1.07 bits per heavy atom. The quantitative estimate of drug-likeness (QED) is 0.140. The number of rotatable bonds is 8. The van der Waals surface area contributed by atoms with E-state index in [1.54, 1.807) is 6.08 Å². The number of nitrogens with zero attached hydrogens (tertiary/aromatic N) is 2. The summed E-state index contributed by atoms with van der Waals surface area (Å²) in [5, 5.41) is 2.20. The van der Waals surface area contributed by atoms with Crippen molar-refractivity contribution in [3.8, 4) is 22.3 Å². The first kappa shape index (κ1) is 26.6. The van der Waals surface area contributed by atoms with Crippen LogP contribution in [0.3, 0.4) is 0 Å². The highest BCUT2D eigenvalue weighted by Gasteiger charge is 2.09. The van der Waals surface area contributed by atoms with Gasteiger partial charge in [0, 0.05) is 17.1 Å². The van der Waals surface area contributed by atoms with Crippen molar-refractivity contribution in [2.45, 2.75) is 0 Å². The number of hydrogen-bond acceptors (Lipinski definition) is 2. The van der Waals surface area contributed by atoms with E-state index in [1.165, 1.54) is 16.7 Å². The molecule has 0 saturated heterocycles. The second-order valence-corrected chi connectivity index (χ2v) is 10.1. The van der Waals surface area contributed by atoms with Crippen molar-refractivity contribution in [3.63, 3.8) is 0 Å². The van der Waals surface area contributed by atoms with Crippen LogP contribution in [0.25, 0.3) is 44.3 Å². The number of aromatic nitrogens is 1. The number of allylic oxidation sites excluding steroid dienone is 3. The molecule has 0 amide bonds. The molecule has 0 aliphatic carbocycles. The molecule has 0 unspecified atom stereocenters. The molecule has 0 spiro atoms. The second-order valence-electron chi connectivity index (χ2n) is 10.1. The number of hydrogen-bond donors (Lipinski definition) is 0. The van der Waals surface area contributed by atoms with Crippen molar-refractivity contribution in [2.24, 2.45) is 4.99 Å². The topological polar surface area (TPSA) is 25.2 Å². The molecule has 2 heteroatoms. The van der Waals surface area contributed by atoms with Gasteiger partial charge in [-0.05, 0) is 57.0 Å². The third-order valence-corrected chi connectivity index (χ3v) is 7.29. The Balaban J connectivity index is 1.39. The van der Waals surface area contributed by atoms with Gasteiger partial charge in [0.2, 0.25) is 0 Å². The van der Waals surface area contributed by atoms with Crippen LogP contribution >= 0.6 is 0 Å². The molecule has 0 atom stereocenters. The van der Waals surface area contributed by atoms with E-state index in [9.17, 15) is 0 Å². The zero-order valence-electron chi connectivity index (χ0n) is 23.3. The van der Waals surface area contributed by atoms with E-state index >= 15 is 0 Å². The fraction of sp³-hybridized carbons (Fsp3) is 0. The molecule has 1 aromatic heterocycles. The van der Waals surface area contributed by atoms with Gasteiger partial charge in [-0.3, -0.25) is 4.98 Å². The van der Waals surface area contributed by atoms with Gasteiger partial charge in [-0.15, -0.1) is 0 Å². The SMILES string of the molecule is C=CC(=N/C(=C\C(=C)c1ccc(-c2ccccc2)cc1)c1ccc(-c2ccccc2)cc1)c1cc2ccccc2cn1. The number of aliphatic imine (C=N–C) groups is 1. The molecule has 1 heterocycles. The van der Waals surface area contributed by atoms with Crippen molar-refractivity contribution in [2.75, 3.05) is 0 Å². The zero-order chi connectivity index (χ0) is 28.7. The standard InChI is InChI=1S/C40H30N2/c1-3-38(40-27-36-16-10-11-17-37(36)28-41-40)42-39(35-24-22-34(23-25-35)32-14-8-5-9-15-32)26-29(2)30-18-20-33(21-19-30)31-12-6-4-7-13-31/h3-28H,1-2H2/b39-26-,42-38?. The van der Waals surface area contributed by atoms with Crippen LogP contribution in [0.1, 0.15) is 16.8 Å². The first-order chi connectivity index (χ1) is 20.7. The Hall–Kier alpha value is -5.60. The molecule has 0 aliphatic heterocycles. The fourth-order valence-corrected chi connectivity index (χ4v) is 4.96. The predicted molar refractivity (Wildman–Crippen MR) is 179 cm³/mol. The van der Waals surface area contributed by atoms with Crippen LogP contribution in [0.4, 0.5) is 0 Å². The van der Waals surface area contributed by atoms with E-state index < -0.39 is 0 Å². The molecule has 0 N–H and O–H groups in total. The van der Waals surface area contributed by atoms with Crippen LogP contribution in [-0.2, 0) is 0 Å². The summed E-state index contributed by atoms with van der Waals surface area (Å²) < 4.78 is 0. The van der Waals surface area contributed by atoms with Crippen molar-refractivity contribution in [1.29, 1.82) is 0 Å². The lowest BCUT2D eigenvalue weighted by atomic mass is 9.99. The lowest BCUT2D eigenvalue weighted by molar-refractivity contribution is 1.32. The third-order valence-electron chi connectivity index (χ3n) is 7.29. The molecule has 0 fully saturated rings. The number of pyridine rings is 1. The van der Waals surface area contributed by atoms with Crippen molar-refractivity contribution < 1.29 is 0 Å². The largest absolute Gasteiger partial charge is 0.254 e. The molecule has 6 aromatic rings. The summed E-state index contributed by atoms with van der Waals surface area (Å²) in [6.07, 6.45) is 5.69. The van der Waals surface area contributed by atoms with Gasteiger partial charge in [0.15, 0.2) is 0 Å². The minimum atomic E-state index is 0.700. The maximum atomic E-state index is 5.11. The summed E-state index contributed by atoms with van der Waals surface area (Å²) in [4.78, 5) is 9.81. The van der Waals surface area contributed by atoms with Gasteiger partial charge >= 0.3 is 0 Å². The van der Waals surface area contributed by atoms with Crippen molar-refractivity contribution in [3.05, 3.63) is 188 Å². The zero-order valence-corrected chi connectivity index (χ0v) is 23.3. The van der Waals surface area contributed by atoms with E-state index in [4.69, 9.17) is 9.98 Å². The molecule has 200 valence electrons. The highest BCUT2D eigenvalue weighted by atomic mass is 14.8. The molecule has 42 heavy (non-hydrogen) atoms. The Morgan fingerprint density at radius 3 is 1.64 bits per heavy atom. The summed E-state index contributed by atoms with van der Waals surface area (Å²) in [6.45, 7) is 8.49. The maximum absolute atomic E-state index is 5.11. The average molecular weight is 539 g/mol. The molecule has 0 bridgehead atoms. The van der Waals surface area contributed by atoms with Gasteiger partial charge in [0.1, 0.15) is 0 Å². The van der Waals surface area contributed by atoms with Gasteiger partial charge in [-0.2, -0.15) is 0 Å². The number of benzene rings is 5. The molecular weight excluding hydrogens is 508 g/mol. The van der Waals surface area contributed by atoms with Crippen molar-refractivity contribution in [1.82, 2.24) is 4.98 Å². The molecule has 2 nitrogen and oxygen atoms in total. The van der Waals surface area contributed by atoms with Crippen molar-refractivity contribution >= 4 is 27.8 Å². The Kier molecular flexibility index (Phi) is 7.78. The Morgan fingerprint density at radius 1 is 0.571 bits per heavy atom. The van der Waals surface area contributed by atoms with Crippen LogP contribution in [0.15, 0.2) is 176 Å². The minimum absolute atomic E-state index is 0.700. The van der Waals surface area contributed by atoms with E-state index in [-0.39, 0.29) is 0 Å². The van der Waals surface area contributed by atoms with Gasteiger partial charge in [0.25, 0.3) is 0 Å². The van der Waals surface area contributed by atoms with Gasteiger partial charge in [-0.1, -0.05) is 147 Å². The predicted octanol–water partition coefficient (Wildman–Crippen LogP) is 10.3. The van der Waals surface area contributed by atoms with Crippen LogP contribution in [-0.4, -0.2) is 10.7 Å². The maximum Gasteiger partial charge on any atom is 0.0892 e. The lowest BCUT2D eigenvalue weighted by Gasteiger charge is -2.10. The van der Waals surface area contributed by atoms with Gasteiger partial charge in [0.05, 0.1) is 17.1 Å². The molecule has 5 aromatic carbocycles. The van der Waals surface area contributed by atoms with Crippen LogP contribution in [0, 0.1) is 0 Å². The highest BCUT2D eigenvalue weighted by molar-refractivity contribution is 6.11. The first-order valence-electron chi connectivity index (χ1n) is 14.0. The molecule has 0 aliphatic rings. The summed E-state index contributed by atoms with van der Waals surface area (Å²) in [5.74, 6) is 0. The lowest BCUT2D eigenvalue weighted by Crippen LogP contribution is -2.01. The Bertz CT molecular complexity index is 1910. The van der Waals surface area contributed by atoms with Gasteiger partial charge < -0.3 is 0 Å². The van der Waals surface area contributed by atoms with E-state index in [2.05, 4.69) is 128 Å². The molecule has 6 rings (SSSR count). The summed E-state index contributed by atoms with van der Waals surface area (Å²) >= 11 is 0. The Labute approximate surface area is 247 Å². The van der Waals surface area contributed by atoms with E-state index in [0.717, 1.165) is 44.4 Å². The first-order valence-corrected chi connectivity index (χ1v) is 14.0. The molecule has 0 radical (unpaired) electrons. The van der Waals surface area contributed by atoms with E-state index in [0.29, 0.717) is 5.71 Å². The van der Waals surface area contributed by atoms with Crippen LogP contribution in [0.2, 0.25) is 0 Å². The molecular formula is C40H30N2. The summed E-state index contributed by atoms with van der Waals surface area (Å²) in [7, 11) is 0. The van der Waals surface area contributed by atoms with Crippen LogP contribution < -0.4 is 0 Å². The van der Waals surface area contributed by atoms with Gasteiger partial charge in [-0.25, -0.2) is 4.99 Å². The summed E-state index contributed by atoms with van der Waals surface area (Å²) in [5.41, 5.74) is 9.83. The second kappa shape index (κ2) is 12.3. The monoisotopic (exact) mass is 538 g/mol. The minimum Gasteiger partial charge on any atom is -0.254 e. The average Bonchev–Trinajstić information content (AvgIpc) is 3.07. The van der Waals surface area contributed by atoms with E-state index in [1.807, 2.05) is 36.5 Å². The number of fused-ring (bicyclic) bond motifs is 1. The normalized spacial score (nSPS) is 11.8. The third kappa shape index (κ3) is 5.94. The smallest absolute Gasteiger partial charge is 0.0892 e. The molecule has 0 saturated carbocycles. The van der Waals surface area contributed by atoms with Crippen LogP contribution in [0.5, 0.6) is 0 Å². The summed E-state index contributed by atoms with van der Waals surface area (Å²) in [6, 6.07) is 48.0.